The second-order valence-electron chi connectivity index (χ2n) is 7.44. The van der Waals surface area contributed by atoms with Crippen molar-refractivity contribution in [1.29, 1.82) is 5.26 Å². The number of carbonyl (C=O) groups is 1. The van der Waals surface area contributed by atoms with Gasteiger partial charge in [-0.15, -0.1) is 0 Å². The standard InChI is InChI=1S/C23H25N3O/c1-4-5-10-21-25-23(2,3)22(27)26(21)16-17-11-13-18(14-12-17)20-9-7-6-8-19(20)15-24/h6-9,11-14H,4-5,10,16H2,1-3H3. The van der Waals surface area contributed by atoms with Gasteiger partial charge in [0.2, 0.25) is 0 Å². The number of unbranched alkanes of at least 4 members (excludes halogenated alkanes) is 1. The molecule has 0 aliphatic carbocycles. The number of hydrogen-bond donors (Lipinski definition) is 0. The van der Waals surface area contributed by atoms with E-state index in [0.717, 1.165) is 41.8 Å². The Morgan fingerprint density at radius 3 is 2.48 bits per heavy atom. The number of rotatable bonds is 6. The molecule has 0 bridgehead atoms. The Morgan fingerprint density at radius 1 is 1.11 bits per heavy atom. The van der Waals surface area contributed by atoms with E-state index >= 15 is 0 Å². The fourth-order valence-corrected chi connectivity index (χ4v) is 3.37. The third-order valence-corrected chi connectivity index (χ3v) is 4.90. The van der Waals surface area contributed by atoms with Crippen LogP contribution in [0, 0.1) is 11.3 Å². The summed E-state index contributed by atoms with van der Waals surface area (Å²) in [6.07, 6.45) is 2.94. The predicted molar refractivity (Wildman–Crippen MR) is 108 cm³/mol. The molecule has 27 heavy (non-hydrogen) atoms. The number of nitriles is 1. The van der Waals surface area contributed by atoms with Gasteiger partial charge in [-0.1, -0.05) is 55.8 Å². The Hall–Kier alpha value is -2.93. The third-order valence-electron chi connectivity index (χ3n) is 4.90. The summed E-state index contributed by atoms with van der Waals surface area (Å²) in [7, 11) is 0. The van der Waals surface area contributed by atoms with Crippen LogP contribution in [0.5, 0.6) is 0 Å². The molecule has 1 heterocycles. The van der Waals surface area contributed by atoms with Crippen LogP contribution in [0.15, 0.2) is 53.5 Å². The van der Waals surface area contributed by atoms with Crippen LogP contribution in [-0.2, 0) is 11.3 Å². The molecule has 1 aliphatic rings. The third kappa shape index (κ3) is 3.93. The molecule has 0 atom stereocenters. The number of amides is 1. The lowest BCUT2D eigenvalue weighted by molar-refractivity contribution is -0.130. The van der Waals surface area contributed by atoms with Gasteiger partial charge in [0.15, 0.2) is 0 Å². The molecule has 4 heteroatoms. The molecule has 0 N–H and O–H groups in total. The minimum absolute atomic E-state index is 0.0625. The van der Waals surface area contributed by atoms with Gasteiger partial charge >= 0.3 is 0 Å². The summed E-state index contributed by atoms with van der Waals surface area (Å²) in [6.45, 7) is 6.43. The summed E-state index contributed by atoms with van der Waals surface area (Å²) in [6, 6.07) is 17.9. The molecule has 2 aromatic rings. The van der Waals surface area contributed by atoms with Gasteiger partial charge in [0.1, 0.15) is 11.4 Å². The lowest BCUT2D eigenvalue weighted by Gasteiger charge is -2.21. The lowest BCUT2D eigenvalue weighted by Crippen LogP contribution is -2.38. The molecule has 0 saturated carbocycles. The largest absolute Gasteiger partial charge is 0.294 e. The molecule has 0 spiro atoms. The molecule has 0 unspecified atom stereocenters. The van der Waals surface area contributed by atoms with Crippen molar-refractivity contribution in [2.75, 3.05) is 0 Å². The van der Waals surface area contributed by atoms with Crippen molar-refractivity contribution in [2.24, 2.45) is 4.99 Å². The average Bonchev–Trinajstić information content (AvgIpc) is 2.90. The van der Waals surface area contributed by atoms with Crippen molar-refractivity contribution in [3.8, 4) is 17.2 Å². The fraction of sp³-hybridized carbons (Fsp3) is 0.348. The molecular formula is C23H25N3O. The summed E-state index contributed by atoms with van der Waals surface area (Å²) in [5.41, 5.74) is 2.98. The maximum Gasteiger partial charge on any atom is 0.255 e. The van der Waals surface area contributed by atoms with Gasteiger partial charge in [-0.3, -0.25) is 14.7 Å². The normalized spacial score (nSPS) is 15.6. The van der Waals surface area contributed by atoms with E-state index in [2.05, 4.69) is 18.0 Å². The van der Waals surface area contributed by atoms with E-state index in [0.29, 0.717) is 12.1 Å². The molecule has 0 radical (unpaired) electrons. The summed E-state index contributed by atoms with van der Waals surface area (Å²) < 4.78 is 0. The molecular weight excluding hydrogens is 334 g/mol. The van der Waals surface area contributed by atoms with Gasteiger partial charge in [-0.2, -0.15) is 5.26 Å². The van der Waals surface area contributed by atoms with Crippen molar-refractivity contribution in [3.63, 3.8) is 0 Å². The first-order valence-corrected chi connectivity index (χ1v) is 9.45. The molecule has 1 amide bonds. The molecule has 4 nitrogen and oxygen atoms in total. The molecule has 2 aromatic carbocycles. The Kier molecular flexibility index (Phi) is 5.41. The zero-order valence-corrected chi connectivity index (χ0v) is 16.2. The van der Waals surface area contributed by atoms with Crippen LogP contribution >= 0.6 is 0 Å². The Balaban J connectivity index is 1.81. The van der Waals surface area contributed by atoms with Crippen LogP contribution in [0.1, 0.15) is 51.2 Å². The highest BCUT2D eigenvalue weighted by atomic mass is 16.2. The summed E-state index contributed by atoms with van der Waals surface area (Å²) in [4.78, 5) is 19.2. The minimum atomic E-state index is -0.672. The van der Waals surface area contributed by atoms with Crippen molar-refractivity contribution < 1.29 is 4.79 Å². The summed E-state index contributed by atoms with van der Waals surface area (Å²) in [5.74, 6) is 0.957. The summed E-state index contributed by atoms with van der Waals surface area (Å²) >= 11 is 0. The number of hydrogen-bond acceptors (Lipinski definition) is 3. The zero-order chi connectivity index (χ0) is 19.4. The maximum absolute atomic E-state index is 12.8. The van der Waals surface area contributed by atoms with Crippen LogP contribution in [-0.4, -0.2) is 22.2 Å². The Bertz CT molecular complexity index is 904. The fourth-order valence-electron chi connectivity index (χ4n) is 3.37. The molecule has 0 fully saturated rings. The first-order chi connectivity index (χ1) is 13.0. The lowest BCUT2D eigenvalue weighted by atomic mass is 9.99. The zero-order valence-electron chi connectivity index (χ0n) is 16.2. The van der Waals surface area contributed by atoms with Gasteiger partial charge in [-0.25, -0.2) is 0 Å². The van der Waals surface area contributed by atoms with E-state index in [4.69, 9.17) is 0 Å². The van der Waals surface area contributed by atoms with Crippen LogP contribution in [0.2, 0.25) is 0 Å². The summed E-state index contributed by atoms with van der Waals surface area (Å²) in [5, 5.41) is 9.29. The molecule has 3 rings (SSSR count). The van der Waals surface area contributed by atoms with Crippen LogP contribution in [0.25, 0.3) is 11.1 Å². The van der Waals surface area contributed by atoms with Gasteiger partial charge in [0, 0.05) is 6.42 Å². The Morgan fingerprint density at radius 2 is 1.81 bits per heavy atom. The van der Waals surface area contributed by atoms with Crippen LogP contribution < -0.4 is 0 Å². The van der Waals surface area contributed by atoms with E-state index < -0.39 is 5.54 Å². The highest BCUT2D eigenvalue weighted by Gasteiger charge is 2.40. The molecule has 0 saturated heterocycles. The SMILES string of the molecule is CCCCC1=NC(C)(C)C(=O)N1Cc1ccc(-c2ccccc2C#N)cc1. The number of benzene rings is 2. The first-order valence-electron chi connectivity index (χ1n) is 9.45. The van der Waals surface area contributed by atoms with Crippen molar-refractivity contribution in [2.45, 2.75) is 52.1 Å². The second kappa shape index (κ2) is 7.75. The van der Waals surface area contributed by atoms with E-state index in [-0.39, 0.29) is 5.91 Å². The van der Waals surface area contributed by atoms with Crippen LogP contribution in [0.4, 0.5) is 0 Å². The van der Waals surface area contributed by atoms with Crippen molar-refractivity contribution >= 4 is 11.7 Å². The van der Waals surface area contributed by atoms with Gasteiger partial charge in [0.05, 0.1) is 18.2 Å². The number of nitrogens with zero attached hydrogens (tertiary/aromatic N) is 3. The Labute approximate surface area is 161 Å². The number of amidine groups is 1. The average molecular weight is 359 g/mol. The van der Waals surface area contributed by atoms with Crippen molar-refractivity contribution in [3.05, 3.63) is 59.7 Å². The predicted octanol–water partition coefficient (Wildman–Crippen LogP) is 4.93. The smallest absolute Gasteiger partial charge is 0.255 e. The molecule has 138 valence electrons. The van der Waals surface area contributed by atoms with E-state index in [1.807, 2.05) is 67.3 Å². The van der Waals surface area contributed by atoms with Gasteiger partial charge < -0.3 is 0 Å². The molecule has 1 aliphatic heterocycles. The van der Waals surface area contributed by atoms with Gasteiger partial charge in [-0.05, 0) is 43.0 Å². The molecule has 0 aromatic heterocycles. The first kappa shape index (κ1) is 18.8. The van der Waals surface area contributed by atoms with Crippen LogP contribution in [0.3, 0.4) is 0 Å². The number of carbonyl (C=O) groups excluding carboxylic acids is 1. The minimum Gasteiger partial charge on any atom is -0.294 e. The topological polar surface area (TPSA) is 56.5 Å². The van der Waals surface area contributed by atoms with E-state index in [1.165, 1.54) is 0 Å². The maximum atomic E-state index is 12.8. The quantitative estimate of drug-likeness (QED) is 0.734. The van der Waals surface area contributed by atoms with E-state index in [9.17, 15) is 10.1 Å². The van der Waals surface area contributed by atoms with Gasteiger partial charge in [0.25, 0.3) is 5.91 Å². The monoisotopic (exact) mass is 359 g/mol. The van der Waals surface area contributed by atoms with E-state index in [1.54, 1.807) is 0 Å². The second-order valence-corrected chi connectivity index (χ2v) is 7.44. The highest BCUT2D eigenvalue weighted by Crippen LogP contribution is 2.27. The highest BCUT2D eigenvalue weighted by molar-refractivity contribution is 6.07. The van der Waals surface area contributed by atoms with Crippen molar-refractivity contribution in [1.82, 2.24) is 4.90 Å². The number of aliphatic imine (C=N–C) groups is 1.